The van der Waals surface area contributed by atoms with Gasteiger partial charge in [0.2, 0.25) is 0 Å². The Morgan fingerprint density at radius 2 is 2.00 bits per heavy atom. The molecule has 4 heteroatoms. The van der Waals surface area contributed by atoms with Gasteiger partial charge >= 0.3 is 0 Å². The lowest BCUT2D eigenvalue weighted by molar-refractivity contribution is 0.00726. The molecule has 0 spiro atoms. The lowest BCUT2D eigenvalue weighted by Crippen LogP contribution is -2.42. The fourth-order valence-electron chi connectivity index (χ4n) is 0.171. The van der Waals surface area contributed by atoms with Crippen LogP contribution in [0.1, 0.15) is 0 Å². The molecule has 0 rings (SSSR count). The Hall–Kier alpha value is -0.160. The zero-order valence-electron chi connectivity index (χ0n) is 4.13. The van der Waals surface area contributed by atoms with Gasteiger partial charge in [-0.3, -0.25) is 5.32 Å². The van der Waals surface area contributed by atoms with Crippen molar-refractivity contribution in [3.63, 3.8) is 0 Å². The third kappa shape index (κ3) is 2.52. The van der Waals surface area contributed by atoms with Gasteiger partial charge in [0.25, 0.3) is 0 Å². The predicted molar refractivity (Wildman–Crippen MR) is 25.3 cm³/mol. The highest BCUT2D eigenvalue weighted by molar-refractivity contribution is 4.51. The number of hydrogen-bond acceptors (Lipinski definition) is 4. The topological polar surface area (TPSA) is 78.5 Å². The molecule has 7 heavy (non-hydrogen) atoms. The van der Waals surface area contributed by atoms with E-state index in [1.54, 1.807) is 0 Å². The molecule has 0 aliphatic carbocycles. The summed E-state index contributed by atoms with van der Waals surface area (Å²) < 4.78 is 0. The molecule has 0 aromatic carbocycles. The van der Waals surface area contributed by atoms with E-state index in [4.69, 9.17) is 15.9 Å². The van der Waals surface area contributed by atoms with E-state index in [2.05, 4.69) is 5.32 Å². The van der Waals surface area contributed by atoms with Crippen LogP contribution in [0.15, 0.2) is 0 Å². The summed E-state index contributed by atoms with van der Waals surface area (Å²) in [6, 6.07) is 0. The number of nitrogens with two attached hydrogens (primary N) is 1. The van der Waals surface area contributed by atoms with Gasteiger partial charge in [0, 0.05) is 0 Å². The van der Waals surface area contributed by atoms with Crippen LogP contribution in [-0.4, -0.2) is 29.7 Å². The predicted octanol–water partition coefficient (Wildman–Crippen LogP) is -2.20. The molecule has 5 N–H and O–H groups in total. The molecule has 0 aromatic heterocycles. The van der Waals surface area contributed by atoms with Crippen molar-refractivity contribution in [2.45, 2.75) is 12.5 Å². The first-order chi connectivity index (χ1) is 3.18. The molecule has 0 aliphatic heterocycles. The van der Waals surface area contributed by atoms with Gasteiger partial charge in [-0.15, -0.1) is 0 Å². The number of aliphatic hydroxyl groups excluding tert-OH is 2. The van der Waals surface area contributed by atoms with Crippen molar-refractivity contribution < 1.29 is 10.2 Å². The number of likely N-dealkylation sites (N-methyl/N-ethyl adjacent to an activating group) is 1. The zero-order valence-corrected chi connectivity index (χ0v) is 4.13. The summed E-state index contributed by atoms with van der Waals surface area (Å²) in [6.07, 6.45) is -2.20. The maximum absolute atomic E-state index is 8.45. The van der Waals surface area contributed by atoms with Crippen molar-refractivity contribution in [2.75, 3.05) is 7.05 Å². The van der Waals surface area contributed by atoms with E-state index in [1.165, 1.54) is 7.05 Å². The minimum atomic E-state index is -1.19. The van der Waals surface area contributed by atoms with Crippen LogP contribution < -0.4 is 11.1 Å². The number of hydrogen-bond donors (Lipinski definition) is 4. The van der Waals surface area contributed by atoms with E-state index in [0.29, 0.717) is 0 Å². The Morgan fingerprint density at radius 3 is 2.00 bits per heavy atom. The fourth-order valence-corrected chi connectivity index (χ4v) is 0.171. The van der Waals surface area contributed by atoms with E-state index in [1.807, 2.05) is 0 Å². The molecule has 1 unspecified atom stereocenters. The van der Waals surface area contributed by atoms with E-state index in [-0.39, 0.29) is 0 Å². The maximum atomic E-state index is 8.45. The number of nitrogens with one attached hydrogen (secondary N) is 1. The first-order valence-electron chi connectivity index (χ1n) is 1.97. The highest BCUT2D eigenvalue weighted by Gasteiger charge is 2.04. The maximum Gasteiger partial charge on any atom is 0.144 e. The minimum absolute atomic E-state index is 1.01. The molecular formula is C3H10N2O2. The molecule has 0 amide bonds. The van der Waals surface area contributed by atoms with Gasteiger partial charge < -0.3 is 15.9 Å². The molecule has 2 atom stereocenters. The Balaban J connectivity index is 3.14. The van der Waals surface area contributed by atoms with Gasteiger partial charge in [-0.1, -0.05) is 0 Å². The molecule has 4 nitrogen and oxygen atoms in total. The summed E-state index contributed by atoms with van der Waals surface area (Å²) in [4.78, 5) is 0. The fraction of sp³-hybridized carbons (Fsp3) is 1.00. The van der Waals surface area contributed by atoms with Gasteiger partial charge in [-0.05, 0) is 7.05 Å². The second-order valence-electron chi connectivity index (χ2n) is 1.22. The molecule has 0 saturated heterocycles. The molecule has 0 radical (unpaired) electrons. The van der Waals surface area contributed by atoms with Crippen LogP contribution in [0.3, 0.4) is 0 Å². The van der Waals surface area contributed by atoms with Crippen LogP contribution in [0.5, 0.6) is 0 Å². The van der Waals surface area contributed by atoms with Gasteiger partial charge in [0.05, 0.1) is 0 Å². The SMILES string of the molecule is CNC(O)[C@H](N)O. The van der Waals surface area contributed by atoms with Crippen LogP contribution in [-0.2, 0) is 0 Å². The van der Waals surface area contributed by atoms with Crippen LogP contribution in [0.2, 0.25) is 0 Å². The van der Waals surface area contributed by atoms with Gasteiger partial charge in [0.15, 0.2) is 0 Å². The van der Waals surface area contributed by atoms with Crippen molar-refractivity contribution in [3.8, 4) is 0 Å². The molecule has 0 aromatic rings. The van der Waals surface area contributed by atoms with Crippen LogP contribution in [0, 0.1) is 0 Å². The largest absolute Gasteiger partial charge is 0.375 e. The normalized spacial score (nSPS) is 18.9. The number of rotatable bonds is 2. The third-order valence-electron chi connectivity index (χ3n) is 0.619. The molecular weight excluding hydrogens is 96.0 g/mol. The van der Waals surface area contributed by atoms with Gasteiger partial charge in [-0.2, -0.15) is 0 Å². The third-order valence-corrected chi connectivity index (χ3v) is 0.619. The lowest BCUT2D eigenvalue weighted by Gasteiger charge is -2.10. The van der Waals surface area contributed by atoms with E-state index >= 15 is 0 Å². The summed E-state index contributed by atoms with van der Waals surface area (Å²) in [5.74, 6) is 0. The standard InChI is InChI=1S/C3H10N2O2/c1-5-3(7)2(4)6/h2-3,5-7H,4H2,1H3/t2-,3?/m1/s1. The van der Waals surface area contributed by atoms with Crippen LogP contribution in [0.25, 0.3) is 0 Å². The highest BCUT2D eigenvalue weighted by Crippen LogP contribution is 1.74. The summed E-state index contributed by atoms with van der Waals surface area (Å²) in [7, 11) is 1.50. The van der Waals surface area contributed by atoms with Crippen LogP contribution >= 0.6 is 0 Å². The Labute approximate surface area is 41.9 Å². The van der Waals surface area contributed by atoms with Crippen molar-refractivity contribution in [3.05, 3.63) is 0 Å². The first kappa shape index (κ1) is 6.84. The molecule has 0 bridgehead atoms. The summed E-state index contributed by atoms with van der Waals surface area (Å²) in [5, 5.41) is 19.1. The molecule has 0 fully saturated rings. The smallest absolute Gasteiger partial charge is 0.144 e. The minimum Gasteiger partial charge on any atom is -0.375 e. The summed E-state index contributed by atoms with van der Waals surface area (Å²) in [5.41, 5.74) is 4.79. The van der Waals surface area contributed by atoms with E-state index in [0.717, 1.165) is 0 Å². The second kappa shape index (κ2) is 2.92. The van der Waals surface area contributed by atoms with Crippen molar-refractivity contribution in [1.82, 2.24) is 5.32 Å². The summed E-state index contributed by atoms with van der Waals surface area (Å²) in [6.45, 7) is 0. The average Bonchev–Trinajstić information content (AvgIpc) is 1.65. The van der Waals surface area contributed by atoms with Gasteiger partial charge in [-0.25, -0.2) is 0 Å². The molecule has 0 heterocycles. The first-order valence-corrected chi connectivity index (χ1v) is 1.97. The lowest BCUT2D eigenvalue weighted by atomic mass is 10.5. The monoisotopic (exact) mass is 106 g/mol. The van der Waals surface area contributed by atoms with Crippen LogP contribution in [0.4, 0.5) is 0 Å². The molecule has 44 valence electrons. The molecule has 0 aliphatic rings. The number of aliphatic hydroxyl groups is 2. The van der Waals surface area contributed by atoms with Crippen molar-refractivity contribution >= 4 is 0 Å². The average molecular weight is 106 g/mol. The second-order valence-corrected chi connectivity index (χ2v) is 1.22. The Kier molecular flexibility index (Phi) is 2.86. The zero-order chi connectivity index (χ0) is 5.86. The van der Waals surface area contributed by atoms with Gasteiger partial charge in [0.1, 0.15) is 12.5 Å². The highest BCUT2D eigenvalue weighted by atomic mass is 16.3. The Morgan fingerprint density at radius 1 is 1.57 bits per heavy atom. The molecule has 0 saturated carbocycles. The summed E-state index contributed by atoms with van der Waals surface area (Å²) >= 11 is 0. The van der Waals surface area contributed by atoms with E-state index in [9.17, 15) is 0 Å². The quantitative estimate of drug-likeness (QED) is 0.301. The Bertz CT molecular complexity index is 48.2. The van der Waals surface area contributed by atoms with Crippen molar-refractivity contribution in [2.24, 2.45) is 5.73 Å². The van der Waals surface area contributed by atoms with Crippen molar-refractivity contribution in [1.29, 1.82) is 0 Å². The van der Waals surface area contributed by atoms with E-state index < -0.39 is 12.5 Å².